The molecule has 2 atom stereocenters. The zero-order valence-electron chi connectivity index (χ0n) is 10.2. The summed E-state index contributed by atoms with van der Waals surface area (Å²) in [5, 5.41) is 5.26. The van der Waals surface area contributed by atoms with Crippen molar-refractivity contribution in [2.24, 2.45) is 5.73 Å². The monoisotopic (exact) mass is 244 g/mol. The fraction of sp³-hybridized carbons (Fsp3) is 0.800. The van der Waals surface area contributed by atoms with Gasteiger partial charge in [0.1, 0.15) is 12.2 Å². The molecule has 1 saturated heterocycles. The molecule has 1 aliphatic heterocycles. The Kier molecular flexibility index (Phi) is 5.33. The van der Waals surface area contributed by atoms with Crippen LogP contribution < -0.4 is 16.4 Å². The van der Waals surface area contributed by atoms with Crippen LogP contribution in [0, 0.1) is 0 Å². The maximum atomic E-state index is 11.6. The molecule has 7 nitrogen and oxygen atoms in total. The summed E-state index contributed by atoms with van der Waals surface area (Å²) in [5.74, 6) is -0.383. The van der Waals surface area contributed by atoms with Gasteiger partial charge >= 0.3 is 6.03 Å². The Morgan fingerprint density at radius 2 is 2.24 bits per heavy atom. The summed E-state index contributed by atoms with van der Waals surface area (Å²) in [6, 6.07) is -1.01. The Labute approximate surface area is 101 Å². The van der Waals surface area contributed by atoms with Crippen LogP contribution in [0.2, 0.25) is 0 Å². The minimum atomic E-state index is -0.631. The van der Waals surface area contributed by atoms with Gasteiger partial charge in [0.2, 0.25) is 5.91 Å². The molecule has 0 saturated carbocycles. The second-order valence-electron chi connectivity index (χ2n) is 3.90. The van der Waals surface area contributed by atoms with E-state index in [4.69, 9.17) is 10.5 Å². The molecule has 0 aromatic rings. The average Bonchev–Trinajstić information content (AvgIpc) is 2.29. The van der Waals surface area contributed by atoms with Crippen LogP contribution in [-0.2, 0) is 9.53 Å². The molecule has 98 valence electrons. The van der Waals surface area contributed by atoms with Gasteiger partial charge < -0.3 is 20.7 Å². The number of carbonyl (C=O) groups is 2. The second-order valence-corrected chi connectivity index (χ2v) is 3.90. The van der Waals surface area contributed by atoms with E-state index in [1.54, 1.807) is 7.11 Å². The highest BCUT2D eigenvalue weighted by molar-refractivity contribution is 6.00. The number of methoxy groups -OCH3 is 1. The van der Waals surface area contributed by atoms with Gasteiger partial charge in [-0.1, -0.05) is 6.92 Å². The molecule has 1 rings (SSSR count). The zero-order chi connectivity index (χ0) is 12.8. The molecule has 2 unspecified atom stereocenters. The smallest absolute Gasteiger partial charge is 0.325 e. The number of nitrogens with one attached hydrogen (secondary N) is 2. The predicted molar refractivity (Wildman–Crippen MR) is 62.2 cm³/mol. The van der Waals surface area contributed by atoms with Gasteiger partial charge in [-0.2, -0.15) is 0 Å². The van der Waals surface area contributed by atoms with Crippen LogP contribution in [0.4, 0.5) is 4.79 Å². The number of imide groups is 1. The van der Waals surface area contributed by atoms with Gasteiger partial charge in [0.15, 0.2) is 0 Å². The summed E-state index contributed by atoms with van der Waals surface area (Å²) < 4.78 is 4.88. The standard InChI is InChI=1S/C10H20N4O3/c1-3-5-14-8(11)7(12-4-6-17-2)9(15)13-10(14)16/h7-8,12H,3-6,11H2,1-2H3,(H,13,15,16). The number of rotatable bonds is 6. The molecule has 0 aromatic carbocycles. The molecule has 1 heterocycles. The molecular formula is C10H20N4O3. The summed E-state index contributed by atoms with van der Waals surface area (Å²) in [7, 11) is 1.58. The van der Waals surface area contributed by atoms with E-state index in [1.807, 2.05) is 6.92 Å². The Morgan fingerprint density at radius 1 is 1.53 bits per heavy atom. The number of hydrogen-bond acceptors (Lipinski definition) is 5. The van der Waals surface area contributed by atoms with Crippen LogP contribution in [0.15, 0.2) is 0 Å². The Hall–Kier alpha value is -1.18. The van der Waals surface area contributed by atoms with Gasteiger partial charge in [0, 0.05) is 20.2 Å². The molecule has 3 amide bonds. The van der Waals surface area contributed by atoms with E-state index in [1.165, 1.54) is 4.90 Å². The minimum absolute atomic E-state index is 0.383. The van der Waals surface area contributed by atoms with Gasteiger partial charge in [-0.05, 0) is 6.42 Å². The highest BCUT2D eigenvalue weighted by atomic mass is 16.5. The lowest BCUT2D eigenvalue weighted by atomic mass is 10.1. The maximum Gasteiger partial charge on any atom is 0.325 e. The van der Waals surface area contributed by atoms with Crippen LogP contribution >= 0.6 is 0 Å². The van der Waals surface area contributed by atoms with Crippen LogP contribution in [0.25, 0.3) is 0 Å². The summed E-state index contributed by atoms with van der Waals surface area (Å²) in [4.78, 5) is 24.6. The number of ether oxygens (including phenoxy) is 1. The summed E-state index contributed by atoms with van der Waals surface area (Å²) in [6.07, 6.45) is 0.160. The number of hydrogen-bond donors (Lipinski definition) is 3. The predicted octanol–water partition coefficient (Wildman–Crippen LogP) is -1.16. The third-order valence-corrected chi connectivity index (χ3v) is 2.61. The van der Waals surface area contributed by atoms with Gasteiger partial charge in [-0.15, -0.1) is 0 Å². The number of nitrogens with zero attached hydrogens (tertiary/aromatic N) is 1. The third kappa shape index (κ3) is 3.39. The van der Waals surface area contributed by atoms with Crippen molar-refractivity contribution in [3.05, 3.63) is 0 Å². The molecule has 0 aliphatic carbocycles. The number of amides is 3. The number of carbonyl (C=O) groups excluding carboxylic acids is 2. The van der Waals surface area contributed by atoms with Crippen molar-refractivity contribution in [3.63, 3.8) is 0 Å². The summed E-state index contributed by atoms with van der Waals surface area (Å²) >= 11 is 0. The maximum absolute atomic E-state index is 11.6. The van der Waals surface area contributed by atoms with E-state index in [9.17, 15) is 9.59 Å². The fourth-order valence-electron chi connectivity index (χ4n) is 1.75. The Bertz CT molecular complexity index is 285. The van der Waals surface area contributed by atoms with Crippen LogP contribution in [0.5, 0.6) is 0 Å². The summed E-state index contributed by atoms with van der Waals surface area (Å²) in [6.45, 7) is 3.47. The van der Waals surface area contributed by atoms with Crippen molar-refractivity contribution < 1.29 is 14.3 Å². The molecule has 7 heteroatoms. The molecule has 0 bridgehead atoms. The van der Waals surface area contributed by atoms with Crippen molar-refractivity contribution in [2.75, 3.05) is 26.8 Å². The number of urea groups is 1. The van der Waals surface area contributed by atoms with Gasteiger partial charge in [-0.3, -0.25) is 10.1 Å². The van der Waals surface area contributed by atoms with Crippen LogP contribution in [-0.4, -0.2) is 55.9 Å². The van der Waals surface area contributed by atoms with E-state index in [-0.39, 0.29) is 5.91 Å². The SMILES string of the molecule is CCCN1C(=O)NC(=O)C(NCCOC)C1N. The Morgan fingerprint density at radius 3 is 2.82 bits per heavy atom. The largest absolute Gasteiger partial charge is 0.383 e. The van der Waals surface area contributed by atoms with Gasteiger partial charge in [-0.25, -0.2) is 4.79 Å². The first-order chi connectivity index (χ1) is 8.11. The lowest BCUT2D eigenvalue weighted by Crippen LogP contribution is -2.70. The van der Waals surface area contributed by atoms with Crippen LogP contribution in [0.3, 0.4) is 0 Å². The van der Waals surface area contributed by atoms with E-state index >= 15 is 0 Å². The first-order valence-electron chi connectivity index (χ1n) is 5.71. The van der Waals surface area contributed by atoms with E-state index < -0.39 is 18.2 Å². The third-order valence-electron chi connectivity index (χ3n) is 2.61. The lowest BCUT2D eigenvalue weighted by Gasteiger charge is -2.38. The molecule has 0 radical (unpaired) electrons. The molecular weight excluding hydrogens is 224 g/mol. The van der Waals surface area contributed by atoms with Gasteiger partial charge in [0.25, 0.3) is 0 Å². The lowest BCUT2D eigenvalue weighted by molar-refractivity contribution is -0.125. The Balaban J connectivity index is 2.61. The normalized spacial score (nSPS) is 25.0. The minimum Gasteiger partial charge on any atom is -0.383 e. The fourth-order valence-corrected chi connectivity index (χ4v) is 1.75. The molecule has 1 aliphatic rings. The highest BCUT2D eigenvalue weighted by Gasteiger charge is 2.38. The van der Waals surface area contributed by atoms with Crippen LogP contribution in [0.1, 0.15) is 13.3 Å². The van der Waals surface area contributed by atoms with Crippen molar-refractivity contribution >= 4 is 11.9 Å². The zero-order valence-corrected chi connectivity index (χ0v) is 10.2. The number of nitrogens with two attached hydrogens (primary N) is 1. The second kappa shape index (κ2) is 6.53. The first-order valence-corrected chi connectivity index (χ1v) is 5.71. The van der Waals surface area contributed by atoms with E-state index in [2.05, 4.69) is 10.6 Å². The van der Waals surface area contributed by atoms with Crippen molar-refractivity contribution in [2.45, 2.75) is 25.6 Å². The molecule has 0 aromatic heterocycles. The molecule has 1 fully saturated rings. The molecule has 17 heavy (non-hydrogen) atoms. The first kappa shape index (κ1) is 13.9. The van der Waals surface area contributed by atoms with E-state index in [0.717, 1.165) is 6.42 Å². The van der Waals surface area contributed by atoms with Crippen molar-refractivity contribution in [3.8, 4) is 0 Å². The average molecular weight is 244 g/mol. The van der Waals surface area contributed by atoms with Gasteiger partial charge in [0.05, 0.1) is 6.61 Å². The molecule has 4 N–H and O–H groups in total. The highest BCUT2D eigenvalue weighted by Crippen LogP contribution is 2.07. The summed E-state index contributed by atoms with van der Waals surface area (Å²) in [5.41, 5.74) is 5.91. The quantitative estimate of drug-likeness (QED) is 0.512. The molecule has 0 spiro atoms. The van der Waals surface area contributed by atoms with Crippen molar-refractivity contribution in [1.29, 1.82) is 0 Å². The van der Waals surface area contributed by atoms with Crippen molar-refractivity contribution in [1.82, 2.24) is 15.5 Å². The van der Waals surface area contributed by atoms with E-state index in [0.29, 0.717) is 19.7 Å². The topological polar surface area (TPSA) is 96.7 Å².